The van der Waals surface area contributed by atoms with Crippen LogP contribution in [0.3, 0.4) is 0 Å². The van der Waals surface area contributed by atoms with Crippen LogP contribution in [0.1, 0.15) is 53.9 Å². The van der Waals surface area contributed by atoms with Crippen LogP contribution in [0.2, 0.25) is 0 Å². The van der Waals surface area contributed by atoms with Gasteiger partial charge < -0.3 is 0 Å². The van der Waals surface area contributed by atoms with Crippen molar-refractivity contribution in [1.29, 1.82) is 0 Å². The largest absolute Gasteiger partial charge is 0.298 e. The summed E-state index contributed by atoms with van der Waals surface area (Å²) in [6.45, 7) is 11.1. The third-order valence-electron chi connectivity index (χ3n) is 2.68. The summed E-state index contributed by atoms with van der Waals surface area (Å²) in [6, 6.07) is 0.720. The van der Waals surface area contributed by atoms with E-state index in [1.807, 2.05) is 13.8 Å². The van der Waals surface area contributed by atoms with Gasteiger partial charge in [0.05, 0.1) is 6.04 Å². The third-order valence-corrected chi connectivity index (χ3v) is 2.68. The molecule has 0 unspecified atom stereocenters. The highest BCUT2D eigenvalue weighted by Gasteiger charge is 2.27. The van der Waals surface area contributed by atoms with Gasteiger partial charge in [-0.15, -0.1) is 0 Å². The number of hydrogen-bond donors (Lipinski definition) is 0. The number of carbonyl (C=O) groups excluding carboxylic acids is 1. The van der Waals surface area contributed by atoms with Crippen LogP contribution in [0.15, 0.2) is 0 Å². The van der Waals surface area contributed by atoms with Crippen molar-refractivity contribution in [3.05, 3.63) is 0 Å². The van der Waals surface area contributed by atoms with E-state index in [0.29, 0.717) is 11.8 Å². The predicted molar refractivity (Wildman–Crippen MR) is 61.5 cm³/mol. The minimum Gasteiger partial charge on any atom is -0.298 e. The van der Waals surface area contributed by atoms with Gasteiger partial charge in [0.25, 0.3) is 0 Å². The van der Waals surface area contributed by atoms with E-state index in [2.05, 4.69) is 18.7 Å². The van der Waals surface area contributed by atoms with Gasteiger partial charge in [-0.2, -0.15) is 0 Å². The van der Waals surface area contributed by atoms with Gasteiger partial charge in [0.2, 0.25) is 0 Å². The van der Waals surface area contributed by atoms with Crippen molar-refractivity contribution in [1.82, 2.24) is 4.90 Å². The van der Waals surface area contributed by atoms with Gasteiger partial charge in [-0.25, -0.2) is 0 Å². The summed E-state index contributed by atoms with van der Waals surface area (Å²) < 4.78 is 0. The molecule has 0 aromatic heterocycles. The zero-order valence-electron chi connectivity index (χ0n) is 10.3. The molecule has 1 fully saturated rings. The Morgan fingerprint density at radius 2 is 1.86 bits per heavy atom. The van der Waals surface area contributed by atoms with Crippen molar-refractivity contribution < 1.29 is 4.79 Å². The van der Waals surface area contributed by atoms with Crippen LogP contribution in [-0.4, -0.2) is 29.3 Å². The monoisotopic (exact) mass is 199 g/mol. The lowest BCUT2D eigenvalue weighted by atomic mass is 9.98. The lowest BCUT2D eigenvalue weighted by Gasteiger charge is -2.37. The number of nitrogens with zero attached hydrogens (tertiary/aromatic N) is 1. The third kappa shape index (κ3) is 3.79. The molecule has 1 atom stereocenters. The average Bonchev–Trinajstić information content (AvgIpc) is 2.20. The minimum atomic E-state index is 0.207. The van der Waals surface area contributed by atoms with Gasteiger partial charge in [0.1, 0.15) is 5.78 Å². The number of piperidine rings is 1. The highest BCUT2D eigenvalue weighted by molar-refractivity contribution is 5.81. The fourth-order valence-electron chi connectivity index (χ4n) is 2.01. The van der Waals surface area contributed by atoms with Gasteiger partial charge in [-0.3, -0.25) is 9.69 Å². The van der Waals surface area contributed by atoms with Crippen molar-refractivity contribution in [2.45, 2.75) is 66.0 Å². The van der Waals surface area contributed by atoms with E-state index < -0.39 is 0 Å². The molecule has 14 heavy (non-hydrogen) atoms. The van der Waals surface area contributed by atoms with E-state index in [1.165, 1.54) is 12.8 Å². The molecule has 0 aliphatic carbocycles. The normalized spacial score (nSPS) is 22.9. The maximum atomic E-state index is 11.3. The van der Waals surface area contributed by atoms with E-state index in [-0.39, 0.29) is 6.04 Å². The maximum absolute atomic E-state index is 11.3. The summed E-state index contributed by atoms with van der Waals surface area (Å²) in [5, 5.41) is 0. The zero-order valence-corrected chi connectivity index (χ0v) is 10.3. The molecule has 0 bridgehead atoms. The van der Waals surface area contributed by atoms with Crippen LogP contribution >= 0.6 is 0 Å². The molecule has 0 amide bonds. The maximum Gasteiger partial charge on any atom is 0.146 e. The number of Topliss-reactive ketones (excluding diaryl/α,β-unsaturated/α-hetero) is 1. The van der Waals surface area contributed by atoms with Gasteiger partial charge in [0, 0.05) is 6.04 Å². The molecule has 0 saturated carbocycles. The first-order valence-electron chi connectivity index (χ1n) is 5.89. The van der Waals surface area contributed by atoms with E-state index in [0.717, 1.165) is 13.0 Å². The highest BCUT2D eigenvalue weighted by atomic mass is 16.1. The summed E-state index contributed by atoms with van der Waals surface area (Å²) in [7, 11) is 0. The van der Waals surface area contributed by atoms with Crippen molar-refractivity contribution >= 4 is 5.78 Å². The van der Waals surface area contributed by atoms with Gasteiger partial charge in [-0.1, -0.05) is 20.3 Å². The number of carbonyl (C=O) groups is 1. The molecular weight excluding hydrogens is 174 g/mol. The second-order valence-electron chi connectivity index (χ2n) is 3.95. The Hall–Kier alpha value is -0.370. The van der Waals surface area contributed by atoms with E-state index in [9.17, 15) is 4.79 Å². The van der Waals surface area contributed by atoms with Crippen LogP contribution < -0.4 is 0 Å². The van der Waals surface area contributed by atoms with Gasteiger partial charge in [-0.05, 0) is 40.2 Å². The van der Waals surface area contributed by atoms with Crippen LogP contribution in [0.5, 0.6) is 0 Å². The fraction of sp³-hybridized carbons (Fsp3) is 0.917. The zero-order chi connectivity index (χ0) is 11.1. The van der Waals surface area contributed by atoms with Crippen molar-refractivity contribution in [2.24, 2.45) is 0 Å². The molecule has 84 valence electrons. The van der Waals surface area contributed by atoms with Gasteiger partial charge in [0.15, 0.2) is 0 Å². The topological polar surface area (TPSA) is 20.3 Å². The number of rotatable bonds is 2. The molecule has 2 nitrogen and oxygen atoms in total. The smallest absolute Gasteiger partial charge is 0.146 e. The first kappa shape index (κ1) is 13.6. The fourth-order valence-corrected chi connectivity index (χ4v) is 2.01. The van der Waals surface area contributed by atoms with E-state index in [1.54, 1.807) is 6.92 Å². The molecule has 1 heterocycles. The molecule has 1 saturated heterocycles. The van der Waals surface area contributed by atoms with Crippen LogP contribution in [0.4, 0.5) is 0 Å². The highest BCUT2D eigenvalue weighted by Crippen LogP contribution is 2.19. The van der Waals surface area contributed by atoms with E-state index in [4.69, 9.17) is 0 Å². The van der Waals surface area contributed by atoms with Crippen LogP contribution in [0.25, 0.3) is 0 Å². The molecule has 0 radical (unpaired) electrons. The van der Waals surface area contributed by atoms with E-state index >= 15 is 0 Å². The summed E-state index contributed by atoms with van der Waals surface area (Å²) >= 11 is 0. The lowest BCUT2D eigenvalue weighted by Crippen LogP contribution is -2.47. The molecule has 0 N–H and O–H groups in total. The standard InChI is InChI=1S/C10H19NO.C2H6/c1-8(2)11-7-5-4-6-10(11)9(3)12;1-2/h8,10H,4-7H2,1-3H3;1-2H3/t10-;/m1./s1. The average molecular weight is 199 g/mol. The Morgan fingerprint density at radius 3 is 2.21 bits per heavy atom. The van der Waals surface area contributed by atoms with Crippen molar-refractivity contribution in [2.75, 3.05) is 6.54 Å². The Bertz CT molecular complexity index is 166. The Balaban J connectivity index is 0.000000791. The number of ketones is 1. The summed E-state index contributed by atoms with van der Waals surface area (Å²) in [5.41, 5.74) is 0. The van der Waals surface area contributed by atoms with Gasteiger partial charge >= 0.3 is 0 Å². The van der Waals surface area contributed by atoms with Crippen LogP contribution in [-0.2, 0) is 4.79 Å². The molecule has 2 heteroatoms. The summed E-state index contributed by atoms with van der Waals surface area (Å²) in [4.78, 5) is 13.6. The second kappa shape index (κ2) is 6.99. The first-order chi connectivity index (χ1) is 6.63. The quantitative estimate of drug-likeness (QED) is 0.681. The molecule has 0 spiro atoms. The lowest BCUT2D eigenvalue weighted by molar-refractivity contribution is -0.124. The van der Waals surface area contributed by atoms with Crippen molar-refractivity contribution in [3.8, 4) is 0 Å². The summed E-state index contributed by atoms with van der Waals surface area (Å²) in [5.74, 6) is 0.336. The number of likely N-dealkylation sites (tertiary alicyclic amines) is 1. The molecular formula is C12H25NO. The SMILES string of the molecule is CC.CC(=O)[C@H]1CCCCN1C(C)C. The first-order valence-corrected chi connectivity index (χ1v) is 5.89. The Labute approximate surface area is 88.7 Å². The predicted octanol–water partition coefficient (Wildman–Crippen LogP) is 2.86. The Kier molecular flexibility index (Phi) is 6.81. The number of hydrogen-bond acceptors (Lipinski definition) is 2. The molecule has 0 aromatic carbocycles. The molecule has 0 aromatic rings. The Morgan fingerprint density at radius 1 is 1.29 bits per heavy atom. The van der Waals surface area contributed by atoms with Crippen molar-refractivity contribution in [3.63, 3.8) is 0 Å². The second-order valence-corrected chi connectivity index (χ2v) is 3.95. The summed E-state index contributed by atoms with van der Waals surface area (Å²) in [6.07, 6.45) is 3.53. The molecule has 1 rings (SSSR count). The minimum absolute atomic E-state index is 0.207. The molecule has 1 aliphatic heterocycles. The van der Waals surface area contributed by atoms with Crippen LogP contribution in [0, 0.1) is 0 Å². The molecule has 1 aliphatic rings.